The zero-order valence-corrected chi connectivity index (χ0v) is 18.0. The number of aromatic nitrogens is 5. The highest BCUT2D eigenvalue weighted by molar-refractivity contribution is 5.90. The zero-order chi connectivity index (χ0) is 22.5. The maximum absolute atomic E-state index is 12.5. The molecule has 0 aliphatic carbocycles. The van der Waals surface area contributed by atoms with Crippen LogP contribution in [-0.4, -0.2) is 44.3 Å². The minimum Gasteiger partial charge on any atom is -0.497 e. The molecule has 0 atom stereocenters. The molecule has 0 aliphatic rings. The number of nitrogens with one attached hydrogen (secondary N) is 2. The molecule has 2 N–H and O–H groups in total. The number of rotatable bonds is 8. The summed E-state index contributed by atoms with van der Waals surface area (Å²) in [6, 6.07) is 9.52. The van der Waals surface area contributed by atoms with Crippen molar-refractivity contribution in [1.82, 2.24) is 30.0 Å². The van der Waals surface area contributed by atoms with Crippen LogP contribution >= 0.6 is 0 Å². The molecule has 32 heavy (non-hydrogen) atoms. The van der Waals surface area contributed by atoms with Crippen molar-refractivity contribution in [2.45, 2.75) is 13.3 Å². The molecule has 10 heteroatoms. The molecule has 0 saturated carbocycles. The van der Waals surface area contributed by atoms with Crippen molar-refractivity contribution in [3.63, 3.8) is 0 Å². The lowest BCUT2D eigenvalue weighted by molar-refractivity contribution is 0.0919. The lowest BCUT2D eigenvalue weighted by Crippen LogP contribution is -2.26. The van der Waals surface area contributed by atoms with Crippen molar-refractivity contribution < 1.29 is 13.9 Å². The SMILES string of the molecule is COc1cccc(CCNC(=O)c2nc(-c3nc(Nc4ccnn4C)ncc3C)co2)c1. The zero-order valence-electron chi connectivity index (χ0n) is 18.0. The number of amides is 1. The van der Waals surface area contributed by atoms with Crippen LogP contribution in [0, 0.1) is 6.92 Å². The summed E-state index contributed by atoms with van der Waals surface area (Å²) in [5.41, 5.74) is 2.89. The van der Waals surface area contributed by atoms with Crippen LogP contribution in [0.25, 0.3) is 11.4 Å². The summed E-state index contributed by atoms with van der Waals surface area (Å²) in [5, 5.41) is 10.0. The Balaban J connectivity index is 1.42. The minimum absolute atomic E-state index is 0.0233. The summed E-state index contributed by atoms with van der Waals surface area (Å²) in [4.78, 5) is 25.6. The average molecular weight is 433 g/mol. The molecule has 4 aromatic rings. The van der Waals surface area contributed by atoms with Gasteiger partial charge in [-0.1, -0.05) is 12.1 Å². The smallest absolute Gasteiger partial charge is 0.307 e. The van der Waals surface area contributed by atoms with Gasteiger partial charge in [-0.05, 0) is 36.6 Å². The third-order valence-corrected chi connectivity index (χ3v) is 4.81. The number of ether oxygens (including phenoxy) is 1. The van der Waals surface area contributed by atoms with E-state index >= 15 is 0 Å². The maximum Gasteiger partial charge on any atom is 0.307 e. The largest absolute Gasteiger partial charge is 0.497 e. The first kappa shape index (κ1) is 21.0. The third kappa shape index (κ3) is 4.75. The number of oxazole rings is 1. The minimum atomic E-state index is -0.390. The number of aryl methyl sites for hydroxylation is 2. The summed E-state index contributed by atoms with van der Waals surface area (Å²) in [6.45, 7) is 2.31. The van der Waals surface area contributed by atoms with Gasteiger partial charge in [0.2, 0.25) is 5.95 Å². The van der Waals surface area contributed by atoms with Crippen LogP contribution in [0.2, 0.25) is 0 Å². The van der Waals surface area contributed by atoms with Gasteiger partial charge in [0, 0.05) is 25.9 Å². The Morgan fingerprint density at radius 3 is 2.91 bits per heavy atom. The van der Waals surface area contributed by atoms with E-state index in [0.29, 0.717) is 30.3 Å². The molecule has 1 aromatic carbocycles. The number of carbonyl (C=O) groups excluding carboxylic acids is 1. The predicted octanol–water partition coefficient (Wildman–Crippen LogP) is 2.90. The molecule has 0 fully saturated rings. The topological polar surface area (TPSA) is 120 Å². The third-order valence-electron chi connectivity index (χ3n) is 4.81. The van der Waals surface area contributed by atoms with E-state index in [0.717, 1.165) is 22.7 Å². The van der Waals surface area contributed by atoms with Crippen molar-refractivity contribution in [3.8, 4) is 17.1 Å². The van der Waals surface area contributed by atoms with Crippen LogP contribution in [-0.2, 0) is 13.5 Å². The van der Waals surface area contributed by atoms with Gasteiger partial charge in [0.15, 0.2) is 0 Å². The summed E-state index contributed by atoms with van der Waals surface area (Å²) >= 11 is 0. The molecule has 164 valence electrons. The summed E-state index contributed by atoms with van der Waals surface area (Å²) in [6.07, 6.45) is 5.43. The van der Waals surface area contributed by atoms with Gasteiger partial charge >= 0.3 is 5.91 Å². The Morgan fingerprint density at radius 2 is 2.12 bits per heavy atom. The molecule has 3 aromatic heterocycles. The molecule has 0 spiro atoms. The van der Waals surface area contributed by atoms with E-state index in [1.807, 2.05) is 44.3 Å². The number of hydrogen-bond acceptors (Lipinski definition) is 8. The van der Waals surface area contributed by atoms with Gasteiger partial charge in [0.25, 0.3) is 5.89 Å². The number of hydrogen-bond donors (Lipinski definition) is 2. The molecule has 3 heterocycles. The van der Waals surface area contributed by atoms with E-state index in [9.17, 15) is 4.79 Å². The molecule has 0 saturated heterocycles. The van der Waals surface area contributed by atoms with E-state index < -0.39 is 0 Å². The monoisotopic (exact) mass is 433 g/mol. The second-order valence-corrected chi connectivity index (χ2v) is 7.09. The molecule has 0 unspecified atom stereocenters. The number of methoxy groups -OCH3 is 1. The summed E-state index contributed by atoms with van der Waals surface area (Å²) < 4.78 is 12.3. The number of nitrogens with zero attached hydrogens (tertiary/aromatic N) is 5. The fraction of sp³-hybridized carbons (Fsp3) is 0.227. The first-order valence-electron chi connectivity index (χ1n) is 9.99. The van der Waals surface area contributed by atoms with E-state index in [-0.39, 0.29) is 11.8 Å². The van der Waals surface area contributed by atoms with E-state index in [1.54, 1.807) is 24.2 Å². The molecule has 10 nitrogen and oxygen atoms in total. The van der Waals surface area contributed by atoms with E-state index in [2.05, 4.69) is 30.7 Å². The second kappa shape index (κ2) is 9.29. The Hall–Kier alpha value is -4.21. The molecule has 0 radical (unpaired) electrons. The van der Waals surface area contributed by atoms with Crippen LogP contribution in [0.1, 0.15) is 21.8 Å². The van der Waals surface area contributed by atoms with Crippen molar-refractivity contribution in [2.24, 2.45) is 7.05 Å². The molecule has 0 aliphatic heterocycles. The van der Waals surface area contributed by atoms with E-state index in [1.165, 1.54) is 6.26 Å². The molecule has 0 bridgehead atoms. The van der Waals surface area contributed by atoms with Gasteiger partial charge in [-0.2, -0.15) is 5.10 Å². The summed E-state index contributed by atoms with van der Waals surface area (Å²) in [5.74, 6) is 1.50. The number of anilines is 2. The molecular weight excluding hydrogens is 410 g/mol. The Labute approximate surface area is 184 Å². The van der Waals surface area contributed by atoms with Crippen molar-refractivity contribution >= 4 is 17.7 Å². The van der Waals surface area contributed by atoms with Gasteiger partial charge in [-0.25, -0.2) is 15.0 Å². The van der Waals surface area contributed by atoms with Gasteiger partial charge in [0.1, 0.15) is 29.2 Å². The van der Waals surface area contributed by atoms with Gasteiger partial charge < -0.3 is 19.8 Å². The van der Waals surface area contributed by atoms with Gasteiger partial charge in [-0.3, -0.25) is 9.48 Å². The average Bonchev–Trinajstić information content (AvgIpc) is 3.45. The fourth-order valence-corrected chi connectivity index (χ4v) is 3.08. The Morgan fingerprint density at radius 1 is 1.25 bits per heavy atom. The highest BCUT2D eigenvalue weighted by Gasteiger charge is 2.17. The molecule has 4 rings (SSSR count). The number of carbonyl (C=O) groups is 1. The van der Waals surface area contributed by atoms with Crippen LogP contribution in [0.3, 0.4) is 0 Å². The van der Waals surface area contributed by atoms with Crippen LogP contribution < -0.4 is 15.4 Å². The predicted molar refractivity (Wildman–Crippen MR) is 118 cm³/mol. The summed E-state index contributed by atoms with van der Waals surface area (Å²) in [7, 11) is 3.44. The first-order chi connectivity index (χ1) is 15.5. The quantitative estimate of drug-likeness (QED) is 0.435. The lowest BCUT2D eigenvalue weighted by atomic mass is 10.1. The second-order valence-electron chi connectivity index (χ2n) is 7.09. The molecular formula is C22H23N7O3. The van der Waals surface area contributed by atoms with Crippen LogP contribution in [0.4, 0.5) is 11.8 Å². The van der Waals surface area contributed by atoms with Crippen molar-refractivity contribution in [2.75, 3.05) is 19.0 Å². The lowest BCUT2D eigenvalue weighted by Gasteiger charge is -2.07. The normalized spacial score (nSPS) is 10.7. The highest BCUT2D eigenvalue weighted by Crippen LogP contribution is 2.22. The van der Waals surface area contributed by atoms with Crippen LogP contribution in [0.15, 0.2) is 53.4 Å². The standard InChI is InChI=1S/C22H23N7O3/c1-14-12-24-22(27-18-8-10-25-29(18)2)28-19(14)17-13-32-21(26-17)20(30)23-9-7-15-5-4-6-16(11-15)31-3/h4-6,8,10-13H,7,9H2,1-3H3,(H,23,30)(H,24,27,28). The first-order valence-corrected chi connectivity index (χ1v) is 9.99. The van der Waals surface area contributed by atoms with Gasteiger partial charge in [-0.15, -0.1) is 0 Å². The van der Waals surface area contributed by atoms with Gasteiger partial charge in [0.05, 0.1) is 13.3 Å². The fourth-order valence-electron chi connectivity index (χ4n) is 3.08. The number of benzene rings is 1. The maximum atomic E-state index is 12.5. The van der Waals surface area contributed by atoms with E-state index in [4.69, 9.17) is 9.15 Å². The Bertz CT molecular complexity index is 1230. The van der Waals surface area contributed by atoms with Crippen LogP contribution in [0.5, 0.6) is 5.75 Å². The molecule has 1 amide bonds. The van der Waals surface area contributed by atoms with Crippen molar-refractivity contribution in [3.05, 3.63) is 66.0 Å². The van der Waals surface area contributed by atoms with Crippen molar-refractivity contribution in [1.29, 1.82) is 0 Å². The Kier molecular flexibility index (Phi) is 6.11. The highest BCUT2D eigenvalue weighted by atomic mass is 16.5.